The van der Waals surface area contributed by atoms with Crippen molar-refractivity contribution in [1.29, 1.82) is 0 Å². The van der Waals surface area contributed by atoms with Gasteiger partial charge in [-0.15, -0.1) is 0 Å². The Labute approximate surface area is 185 Å². The van der Waals surface area contributed by atoms with Gasteiger partial charge in [-0.1, -0.05) is 43.1 Å². The lowest BCUT2D eigenvalue weighted by Crippen LogP contribution is -2.41. The highest BCUT2D eigenvalue weighted by Crippen LogP contribution is 2.35. The lowest BCUT2D eigenvalue weighted by atomic mass is 10.0. The number of allylic oxidation sites excluding steroid dienone is 2. The molecule has 0 aromatic heterocycles. The van der Waals surface area contributed by atoms with Crippen LogP contribution in [0.1, 0.15) is 45.6 Å². The number of carboxylic acids is 1. The number of carbonyl (C=O) groups excluding carboxylic acids is 1. The number of nitrogens with zero attached hydrogens (tertiary/aromatic N) is 1. The van der Waals surface area contributed by atoms with E-state index in [2.05, 4.69) is 5.32 Å². The molecule has 1 rings (SSSR count). The molecule has 0 saturated heterocycles. The first-order valence-electron chi connectivity index (χ1n) is 9.48. The number of nitrogens with one attached hydrogen (secondary N) is 1. The number of carbonyl (C=O) groups is 2. The van der Waals surface area contributed by atoms with Gasteiger partial charge in [-0.2, -0.15) is 0 Å². The number of benzene rings is 1. The van der Waals surface area contributed by atoms with Gasteiger partial charge in [0.15, 0.2) is 0 Å². The summed E-state index contributed by atoms with van der Waals surface area (Å²) in [6.07, 6.45) is 2.22. The van der Waals surface area contributed by atoms with Crippen LogP contribution in [0.4, 0.5) is 0 Å². The van der Waals surface area contributed by atoms with Crippen LogP contribution in [0.3, 0.4) is 0 Å². The first-order valence-corrected chi connectivity index (χ1v) is 10.2. The van der Waals surface area contributed by atoms with E-state index in [1.165, 1.54) is 6.08 Å². The van der Waals surface area contributed by atoms with E-state index in [9.17, 15) is 19.7 Å². The highest BCUT2D eigenvalue weighted by atomic mass is 35.5. The normalized spacial score (nSPS) is 12.5. The van der Waals surface area contributed by atoms with Crippen LogP contribution >= 0.6 is 23.2 Å². The predicted molar refractivity (Wildman–Crippen MR) is 115 cm³/mol. The first kappa shape index (κ1) is 25.7. The highest BCUT2D eigenvalue weighted by Gasteiger charge is 2.21. The highest BCUT2D eigenvalue weighted by molar-refractivity contribution is 6.43. The van der Waals surface area contributed by atoms with Crippen molar-refractivity contribution in [2.24, 2.45) is 5.92 Å². The van der Waals surface area contributed by atoms with E-state index >= 15 is 0 Å². The Balaban J connectivity index is 2.59. The van der Waals surface area contributed by atoms with Gasteiger partial charge in [0, 0.05) is 6.42 Å². The Morgan fingerprint density at radius 2 is 1.97 bits per heavy atom. The summed E-state index contributed by atoms with van der Waals surface area (Å²) in [5.74, 6) is -0.992. The van der Waals surface area contributed by atoms with E-state index in [0.717, 1.165) is 0 Å². The largest absolute Gasteiger partial charge is 0.492 e. The van der Waals surface area contributed by atoms with Crippen molar-refractivity contribution < 1.29 is 24.4 Å². The molecule has 0 aliphatic carbocycles. The Morgan fingerprint density at radius 3 is 2.50 bits per heavy atom. The lowest BCUT2D eigenvalue weighted by molar-refractivity contribution is -0.427. The number of nitro groups is 1. The topological polar surface area (TPSA) is 119 Å². The minimum absolute atomic E-state index is 0.00443. The molecule has 0 saturated carbocycles. The molecule has 0 heterocycles. The summed E-state index contributed by atoms with van der Waals surface area (Å²) in [6, 6.07) is 2.26. The molecule has 10 heteroatoms. The maximum atomic E-state index is 12.0. The summed E-state index contributed by atoms with van der Waals surface area (Å²) in [6.45, 7) is 5.50. The third-order valence-corrected chi connectivity index (χ3v) is 5.12. The zero-order valence-electron chi connectivity index (χ0n) is 17.1. The summed E-state index contributed by atoms with van der Waals surface area (Å²) in [4.78, 5) is 33.6. The molecule has 0 unspecified atom stereocenters. The van der Waals surface area contributed by atoms with E-state index in [1.54, 1.807) is 19.1 Å². The maximum Gasteiger partial charge on any atom is 0.326 e. The number of aliphatic carboxylic acids is 1. The average molecular weight is 461 g/mol. The van der Waals surface area contributed by atoms with Crippen LogP contribution in [-0.2, 0) is 16.0 Å². The van der Waals surface area contributed by atoms with Gasteiger partial charge in [-0.05, 0) is 43.4 Å². The van der Waals surface area contributed by atoms with Gasteiger partial charge in [-0.3, -0.25) is 14.9 Å². The summed E-state index contributed by atoms with van der Waals surface area (Å²) in [7, 11) is 0. The fourth-order valence-electron chi connectivity index (χ4n) is 2.66. The lowest BCUT2D eigenvalue weighted by Gasteiger charge is -2.16. The van der Waals surface area contributed by atoms with Crippen molar-refractivity contribution in [3.8, 4) is 5.75 Å². The molecule has 1 atom stereocenters. The Morgan fingerprint density at radius 1 is 1.30 bits per heavy atom. The molecule has 0 bridgehead atoms. The van der Waals surface area contributed by atoms with E-state index < -0.39 is 16.9 Å². The third-order valence-electron chi connectivity index (χ3n) is 4.21. The molecule has 1 amide bonds. The van der Waals surface area contributed by atoms with Crippen molar-refractivity contribution in [3.63, 3.8) is 0 Å². The van der Waals surface area contributed by atoms with Gasteiger partial charge >= 0.3 is 5.97 Å². The molecule has 1 aromatic carbocycles. The smallest absolute Gasteiger partial charge is 0.326 e. The molecular weight excluding hydrogens is 435 g/mol. The summed E-state index contributed by atoms with van der Waals surface area (Å²) in [5, 5.41) is 22.9. The number of halogens is 2. The summed E-state index contributed by atoms with van der Waals surface area (Å²) >= 11 is 12.4. The van der Waals surface area contributed by atoms with E-state index in [0.29, 0.717) is 24.2 Å². The van der Waals surface area contributed by atoms with Gasteiger partial charge in [0.2, 0.25) is 11.6 Å². The minimum atomic E-state index is -1.06. The van der Waals surface area contributed by atoms with Gasteiger partial charge < -0.3 is 15.2 Å². The van der Waals surface area contributed by atoms with Gasteiger partial charge in [0.05, 0.1) is 23.0 Å². The van der Waals surface area contributed by atoms with Crippen LogP contribution in [0.15, 0.2) is 23.9 Å². The molecule has 8 nitrogen and oxygen atoms in total. The van der Waals surface area contributed by atoms with Crippen molar-refractivity contribution in [2.75, 3.05) is 6.61 Å². The van der Waals surface area contributed by atoms with Crippen LogP contribution in [-0.4, -0.2) is 34.6 Å². The number of rotatable bonds is 12. The van der Waals surface area contributed by atoms with Crippen LogP contribution in [0.2, 0.25) is 10.0 Å². The van der Waals surface area contributed by atoms with Crippen molar-refractivity contribution in [2.45, 2.75) is 52.5 Å². The Bertz CT molecular complexity index is 811. The van der Waals surface area contributed by atoms with Gasteiger partial charge in [0.1, 0.15) is 16.8 Å². The summed E-state index contributed by atoms with van der Waals surface area (Å²) < 4.78 is 5.56. The maximum absolute atomic E-state index is 12.0. The minimum Gasteiger partial charge on any atom is -0.492 e. The van der Waals surface area contributed by atoms with Crippen molar-refractivity contribution >= 4 is 35.1 Å². The van der Waals surface area contributed by atoms with Gasteiger partial charge in [0.25, 0.3) is 0 Å². The fourth-order valence-corrected chi connectivity index (χ4v) is 3.12. The zero-order valence-corrected chi connectivity index (χ0v) is 18.6. The van der Waals surface area contributed by atoms with Crippen molar-refractivity contribution in [1.82, 2.24) is 5.32 Å². The number of carboxylic acid groups (broad SMARTS) is 1. The Kier molecular flexibility index (Phi) is 10.6. The SMILES string of the molecule is C/C=C(/Cc1ccc(OCCCC(=O)N[C@@H](CC(C)C)C(=O)O)c(Cl)c1Cl)[N+](=O)[O-]. The fraction of sp³-hybridized carbons (Fsp3) is 0.500. The number of amides is 1. The molecule has 166 valence electrons. The van der Waals surface area contributed by atoms with Crippen LogP contribution in [0, 0.1) is 16.0 Å². The average Bonchev–Trinajstić information content (AvgIpc) is 2.66. The van der Waals surface area contributed by atoms with E-state index in [1.807, 2.05) is 13.8 Å². The third kappa shape index (κ3) is 8.20. The molecule has 1 aromatic rings. The van der Waals surface area contributed by atoms with Crippen molar-refractivity contribution in [3.05, 3.63) is 49.6 Å². The van der Waals surface area contributed by atoms with Crippen LogP contribution in [0.5, 0.6) is 5.75 Å². The molecule has 0 radical (unpaired) electrons. The zero-order chi connectivity index (χ0) is 22.8. The number of ether oxygens (including phenoxy) is 1. The number of hydrogen-bond donors (Lipinski definition) is 2. The standard InChI is InChI=1S/C20H26Cl2N2O6/c1-4-14(24(28)29)11-13-7-8-16(19(22)18(13)21)30-9-5-6-17(25)23-15(20(26)27)10-12(2)3/h4,7-8,12,15H,5-6,9-11H2,1-3H3,(H,23,25)(H,26,27)/b14-4-/t15-/m0/s1. The molecular formula is C20H26Cl2N2O6. The van der Waals surface area contributed by atoms with Gasteiger partial charge in [-0.25, -0.2) is 4.79 Å². The number of hydrogen-bond acceptors (Lipinski definition) is 5. The molecule has 2 N–H and O–H groups in total. The second kappa shape index (κ2) is 12.4. The first-order chi connectivity index (χ1) is 14.1. The molecule has 0 aliphatic rings. The van der Waals surface area contributed by atoms with Crippen LogP contribution in [0.25, 0.3) is 0 Å². The monoisotopic (exact) mass is 460 g/mol. The summed E-state index contributed by atoms with van der Waals surface area (Å²) in [5.41, 5.74) is 0.507. The molecule has 0 aliphatic heterocycles. The molecule has 30 heavy (non-hydrogen) atoms. The quantitative estimate of drug-likeness (QED) is 0.269. The van der Waals surface area contributed by atoms with Crippen LogP contribution < -0.4 is 10.1 Å². The molecule has 0 spiro atoms. The van der Waals surface area contributed by atoms with E-state index in [-0.39, 0.29) is 47.0 Å². The second-order valence-electron chi connectivity index (χ2n) is 7.10. The Hall–Kier alpha value is -2.32. The van der Waals surface area contributed by atoms with E-state index in [4.69, 9.17) is 33.0 Å². The second-order valence-corrected chi connectivity index (χ2v) is 7.86. The predicted octanol–water partition coefficient (Wildman–Crippen LogP) is 4.49. The molecule has 0 fully saturated rings.